The molecule has 0 saturated carbocycles. The van der Waals surface area contributed by atoms with E-state index in [4.69, 9.17) is 18.9 Å². The fraction of sp³-hybridized carbons (Fsp3) is 0.143. The first-order valence-corrected chi connectivity index (χ1v) is 16.2. The maximum Gasteiger partial charge on any atom is 0.349 e. The number of benzene rings is 7. The van der Waals surface area contributed by atoms with Gasteiger partial charge in [0.25, 0.3) is 0 Å². The number of unbranched alkanes of at least 4 members (excludes halogenated alkanes) is 1. The van der Waals surface area contributed by atoms with Crippen molar-refractivity contribution in [3.05, 3.63) is 133 Å². The second-order valence-corrected chi connectivity index (χ2v) is 11.7. The van der Waals surface area contributed by atoms with Crippen LogP contribution >= 0.6 is 0 Å². The molecule has 238 valence electrons. The summed E-state index contributed by atoms with van der Waals surface area (Å²) in [5.41, 5.74) is 1.14. The Labute approximate surface area is 278 Å². The maximum absolute atomic E-state index is 13.2. The van der Waals surface area contributed by atoms with Gasteiger partial charge in [-0.15, -0.1) is 0 Å². The molecule has 0 radical (unpaired) electrons. The number of hydrogen-bond acceptors (Lipinski definition) is 6. The second kappa shape index (κ2) is 13.9. The summed E-state index contributed by atoms with van der Waals surface area (Å²) in [4.78, 5) is 26.3. The Bertz CT molecular complexity index is 2280. The first kappa shape index (κ1) is 30.8. The third kappa shape index (κ3) is 6.38. The van der Waals surface area contributed by atoms with E-state index in [1.54, 1.807) is 12.1 Å². The largest absolute Gasteiger partial charge is 0.481 e. The lowest BCUT2D eigenvalue weighted by atomic mass is 9.97. The fourth-order valence-corrected chi connectivity index (χ4v) is 6.13. The van der Waals surface area contributed by atoms with E-state index >= 15 is 0 Å². The van der Waals surface area contributed by atoms with Crippen molar-refractivity contribution in [1.82, 2.24) is 0 Å². The molecule has 0 amide bonds. The number of carbonyl (C=O) groups excluding carboxylic acids is 2. The molecule has 0 aliphatic carbocycles. The monoisotopic (exact) mass is 634 g/mol. The molecule has 0 spiro atoms. The van der Waals surface area contributed by atoms with E-state index in [-0.39, 0.29) is 13.2 Å². The summed E-state index contributed by atoms with van der Waals surface area (Å²) in [6.45, 7) is 1.57. The summed E-state index contributed by atoms with van der Waals surface area (Å²) in [6, 6.07) is 40.6. The van der Waals surface area contributed by atoms with Crippen molar-refractivity contribution in [2.24, 2.45) is 0 Å². The molecule has 0 atom stereocenters. The summed E-state index contributed by atoms with van der Waals surface area (Å²) >= 11 is 0. The number of rotatable bonds is 11. The lowest BCUT2D eigenvalue weighted by Gasteiger charge is -2.18. The van der Waals surface area contributed by atoms with Gasteiger partial charge in [-0.25, -0.2) is 9.59 Å². The van der Waals surface area contributed by atoms with Crippen molar-refractivity contribution in [3.8, 4) is 23.0 Å². The lowest BCUT2D eigenvalue weighted by molar-refractivity contribution is -0.137. The Morgan fingerprint density at radius 2 is 0.958 bits per heavy atom. The third-order valence-electron chi connectivity index (χ3n) is 8.42. The van der Waals surface area contributed by atoms with Crippen LogP contribution in [-0.4, -0.2) is 25.2 Å². The molecule has 7 aromatic carbocycles. The van der Waals surface area contributed by atoms with Crippen LogP contribution in [0, 0.1) is 0 Å². The molecule has 0 fully saturated rings. The Morgan fingerprint density at radius 3 is 1.50 bits per heavy atom. The van der Waals surface area contributed by atoms with Crippen LogP contribution in [0.4, 0.5) is 0 Å². The molecule has 48 heavy (non-hydrogen) atoms. The van der Waals surface area contributed by atoms with Crippen molar-refractivity contribution in [2.45, 2.75) is 26.2 Å². The molecular formula is C42H34O6. The quantitative estimate of drug-likeness (QED) is 0.0802. The lowest BCUT2D eigenvalue weighted by Crippen LogP contribution is -2.19. The summed E-state index contributed by atoms with van der Waals surface area (Å²) < 4.78 is 24.1. The van der Waals surface area contributed by atoms with Crippen molar-refractivity contribution < 1.29 is 28.5 Å². The van der Waals surface area contributed by atoms with Crippen LogP contribution in [0.5, 0.6) is 23.0 Å². The molecule has 0 aromatic heterocycles. The van der Waals surface area contributed by atoms with Gasteiger partial charge in [0.15, 0.2) is 13.2 Å². The van der Waals surface area contributed by atoms with Gasteiger partial charge in [0.1, 0.15) is 23.0 Å². The van der Waals surface area contributed by atoms with Gasteiger partial charge in [-0.05, 0) is 47.4 Å². The molecule has 6 heteroatoms. The first-order valence-electron chi connectivity index (χ1n) is 16.2. The van der Waals surface area contributed by atoms with Gasteiger partial charge in [0.2, 0.25) is 0 Å². The predicted octanol–water partition coefficient (Wildman–Crippen LogP) is 9.61. The zero-order valence-electron chi connectivity index (χ0n) is 26.6. The van der Waals surface area contributed by atoms with Crippen LogP contribution in [0.3, 0.4) is 0 Å². The van der Waals surface area contributed by atoms with E-state index in [2.05, 4.69) is 19.1 Å². The highest BCUT2D eigenvalue weighted by molar-refractivity contribution is 6.11. The average molecular weight is 635 g/mol. The highest BCUT2D eigenvalue weighted by atomic mass is 16.6. The average Bonchev–Trinajstić information content (AvgIpc) is 3.12. The van der Waals surface area contributed by atoms with Crippen LogP contribution < -0.4 is 18.9 Å². The van der Waals surface area contributed by atoms with E-state index in [0.717, 1.165) is 67.9 Å². The number of carbonyl (C=O) groups is 2. The molecule has 0 N–H and O–H groups in total. The number of aryl methyl sites for hydroxylation is 1. The Kier molecular flexibility index (Phi) is 8.88. The Balaban J connectivity index is 1.19. The zero-order chi connectivity index (χ0) is 32.9. The molecule has 7 aromatic rings. The molecule has 0 aliphatic heterocycles. The van der Waals surface area contributed by atoms with Crippen LogP contribution in [-0.2, 0) is 16.0 Å². The van der Waals surface area contributed by atoms with Gasteiger partial charge in [-0.3, -0.25) is 0 Å². The molecule has 7 rings (SSSR count). The van der Waals surface area contributed by atoms with E-state index < -0.39 is 11.9 Å². The Morgan fingerprint density at radius 1 is 0.500 bits per heavy atom. The maximum atomic E-state index is 13.2. The molecule has 6 nitrogen and oxygen atoms in total. The van der Waals surface area contributed by atoms with Gasteiger partial charge in [-0.2, -0.15) is 0 Å². The summed E-state index contributed by atoms with van der Waals surface area (Å²) in [7, 11) is 0. The molecule has 0 aliphatic rings. The minimum absolute atomic E-state index is 0.293. The number of hydrogen-bond donors (Lipinski definition) is 0. The molecule has 0 bridgehead atoms. The van der Waals surface area contributed by atoms with Gasteiger partial charge in [0, 0.05) is 32.3 Å². The van der Waals surface area contributed by atoms with Crippen LogP contribution in [0.25, 0.3) is 43.1 Å². The van der Waals surface area contributed by atoms with E-state index in [0.29, 0.717) is 23.0 Å². The SMILES string of the molecule is CCCCc1ccc2c(OCC(=O)Oc3cccc4ccccc34)c3ccccc3c(OCC(=O)Oc3cccc4ccccc34)c2c1. The topological polar surface area (TPSA) is 71.1 Å². The number of fused-ring (bicyclic) bond motifs is 4. The highest BCUT2D eigenvalue weighted by Gasteiger charge is 2.20. The highest BCUT2D eigenvalue weighted by Crippen LogP contribution is 2.43. The van der Waals surface area contributed by atoms with Crippen LogP contribution in [0.15, 0.2) is 127 Å². The summed E-state index contributed by atoms with van der Waals surface area (Å²) in [5.74, 6) is 1.04. The van der Waals surface area contributed by atoms with E-state index in [1.807, 2.05) is 103 Å². The van der Waals surface area contributed by atoms with E-state index in [9.17, 15) is 9.59 Å². The van der Waals surface area contributed by atoms with E-state index in [1.165, 1.54) is 0 Å². The Hall–Kier alpha value is -5.88. The molecular weight excluding hydrogens is 600 g/mol. The minimum Gasteiger partial charge on any atom is -0.481 e. The molecule has 0 unspecified atom stereocenters. The van der Waals surface area contributed by atoms with Gasteiger partial charge in [-0.1, -0.05) is 123 Å². The smallest absolute Gasteiger partial charge is 0.349 e. The van der Waals surface area contributed by atoms with Crippen molar-refractivity contribution in [3.63, 3.8) is 0 Å². The standard InChI is InChI=1S/C42H34O6/c1-2-3-12-28-23-24-35-36(25-28)42(46-27-40(44)48-38-22-11-16-30-14-5-7-18-32(30)38)34-20-9-8-19-33(34)41(35)45-26-39(43)47-37-21-10-15-29-13-4-6-17-31(29)37/h4-11,13-25H,2-3,12,26-27H2,1H3. The fourth-order valence-electron chi connectivity index (χ4n) is 6.13. The summed E-state index contributed by atoms with van der Waals surface area (Å²) in [6.07, 6.45) is 3.00. The predicted molar refractivity (Wildman–Crippen MR) is 190 cm³/mol. The zero-order valence-corrected chi connectivity index (χ0v) is 26.6. The summed E-state index contributed by atoms with van der Waals surface area (Å²) in [5, 5.41) is 6.74. The van der Waals surface area contributed by atoms with Crippen LogP contribution in [0.2, 0.25) is 0 Å². The normalized spacial score (nSPS) is 11.2. The van der Waals surface area contributed by atoms with Gasteiger partial charge < -0.3 is 18.9 Å². The molecule has 0 saturated heterocycles. The minimum atomic E-state index is -0.514. The molecule has 0 heterocycles. The van der Waals surface area contributed by atoms with Crippen molar-refractivity contribution in [2.75, 3.05) is 13.2 Å². The van der Waals surface area contributed by atoms with Crippen molar-refractivity contribution in [1.29, 1.82) is 0 Å². The first-order chi connectivity index (χ1) is 23.6. The van der Waals surface area contributed by atoms with Gasteiger partial charge in [0.05, 0.1) is 0 Å². The third-order valence-corrected chi connectivity index (χ3v) is 8.42. The number of esters is 2. The second-order valence-electron chi connectivity index (χ2n) is 11.7. The van der Waals surface area contributed by atoms with Gasteiger partial charge >= 0.3 is 11.9 Å². The van der Waals surface area contributed by atoms with Crippen molar-refractivity contribution >= 4 is 55.0 Å². The number of ether oxygens (including phenoxy) is 4. The van der Waals surface area contributed by atoms with Crippen LogP contribution in [0.1, 0.15) is 25.3 Å².